The topological polar surface area (TPSA) is 43.3 Å². The molecule has 1 amide bonds. The zero-order valence-electron chi connectivity index (χ0n) is 11.6. The smallest absolute Gasteiger partial charge is 0.261 e. The predicted octanol–water partition coefficient (Wildman–Crippen LogP) is 3.05. The molecule has 4 nitrogen and oxygen atoms in total. The van der Waals surface area contributed by atoms with Crippen molar-refractivity contribution in [3.8, 4) is 0 Å². The fourth-order valence-electron chi connectivity index (χ4n) is 1.87. The Labute approximate surface area is 117 Å². The standard InChI is InChI=1S/C14H20N2O2S/c1-10(2)16-8-11-7-12(19-13(11)9-16)14(17)15-5-4-6-18-3/h7-10H,4-6H2,1-3H3,(H,15,17). The fourth-order valence-corrected chi connectivity index (χ4v) is 2.86. The summed E-state index contributed by atoms with van der Waals surface area (Å²) < 4.78 is 8.28. The van der Waals surface area contributed by atoms with Crippen molar-refractivity contribution in [2.45, 2.75) is 26.3 Å². The summed E-state index contributed by atoms with van der Waals surface area (Å²) in [7, 11) is 1.66. The third-order valence-electron chi connectivity index (χ3n) is 2.98. The Bertz CT molecular complexity index is 525. The molecule has 0 saturated heterocycles. The summed E-state index contributed by atoms with van der Waals surface area (Å²) in [4.78, 5) is 12.7. The Balaban J connectivity index is 2.00. The molecule has 0 atom stereocenters. The average molecular weight is 280 g/mol. The molecule has 0 bridgehead atoms. The van der Waals surface area contributed by atoms with Gasteiger partial charge in [-0.25, -0.2) is 0 Å². The summed E-state index contributed by atoms with van der Waals surface area (Å²) in [5.74, 6) is 0.00778. The first-order valence-corrected chi connectivity index (χ1v) is 7.31. The van der Waals surface area contributed by atoms with Crippen LogP contribution in [0.5, 0.6) is 0 Å². The third-order valence-corrected chi connectivity index (χ3v) is 4.06. The van der Waals surface area contributed by atoms with E-state index in [1.165, 1.54) is 0 Å². The van der Waals surface area contributed by atoms with Gasteiger partial charge in [-0.1, -0.05) is 0 Å². The highest BCUT2D eigenvalue weighted by Crippen LogP contribution is 2.27. The highest BCUT2D eigenvalue weighted by molar-refractivity contribution is 7.20. The number of thiophene rings is 1. The van der Waals surface area contributed by atoms with Crippen LogP contribution in [0.2, 0.25) is 0 Å². The van der Waals surface area contributed by atoms with Gasteiger partial charge in [0.1, 0.15) is 0 Å². The molecule has 0 aliphatic rings. The normalized spacial score (nSPS) is 11.4. The number of rotatable bonds is 6. The van der Waals surface area contributed by atoms with Crippen molar-refractivity contribution in [2.24, 2.45) is 0 Å². The summed E-state index contributed by atoms with van der Waals surface area (Å²) in [5.41, 5.74) is 0. The fraction of sp³-hybridized carbons (Fsp3) is 0.500. The van der Waals surface area contributed by atoms with Crippen LogP contribution in [0, 0.1) is 0 Å². The van der Waals surface area contributed by atoms with Crippen molar-refractivity contribution in [1.29, 1.82) is 0 Å². The minimum Gasteiger partial charge on any atom is -0.385 e. The predicted molar refractivity (Wildman–Crippen MR) is 79.0 cm³/mol. The number of hydrogen-bond acceptors (Lipinski definition) is 3. The van der Waals surface area contributed by atoms with E-state index in [4.69, 9.17) is 4.74 Å². The zero-order valence-corrected chi connectivity index (χ0v) is 12.4. The zero-order chi connectivity index (χ0) is 13.8. The van der Waals surface area contributed by atoms with Crippen LogP contribution in [0.1, 0.15) is 36.0 Å². The number of nitrogens with one attached hydrogen (secondary N) is 1. The van der Waals surface area contributed by atoms with E-state index >= 15 is 0 Å². The SMILES string of the molecule is COCCCNC(=O)c1cc2cn(C(C)C)cc2s1. The molecular formula is C14H20N2O2S. The Hall–Kier alpha value is -1.33. The number of amides is 1. The second-order valence-electron chi connectivity index (χ2n) is 4.83. The lowest BCUT2D eigenvalue weighted by Gasteiger charge is -2.05. The maximum Gasteiger partial charge on any atom is 0.261 e. The molecule has 0 aliphatic carbocycles. The third kappa shape index (κ3) is 3.36. The average Bonchev–Trinajstić information content (AvgIpc) is 2.92. The maximum atomic E-state index is 11.9. The molecule has 1 N–H and O–H groups in total. The Morgan fingerprint density at radius 2 is 2.26 bits per heavy atom. The molecule has 2 rings (SSSR count). The van der Waals surface area contributed by atoms with E-state index < -0.39 is 0 Å². The van der Waals surface area contributed by atoms with E-state index in [1.54, 1.807) is 18.4 Å². The van der Waals surface area contributed by atoms with Crippen LogP contribution < -0.4 is 5.32 Å². The first kappa shape index (κ1) is 14.1. The van der Waals surface area contributed by atoms with Crippen molar-refractivity contribution in [3.63, 3.8) is 0 Å². The summed E-state index contributed by atoms with van der Waals surface area (Å²) in [5, 5.41) is 4.05. The molecule has 0 fully saturated rings. The van der Waals surface area contributed by atoms with Crippen LogP contribution in [0.15, 0.2) is 18.5 Å². The number of hydrogen-bond donors (Lipinski definition) is 1. The van der Waals surface area contributed by atoms with Crippen molar-refractivity contribution in [1.82, 2.24) is 9.88 Å². The number of carbonyl (C=O) groups excluding carboxylic acids is 1. The second-order valence-corrected chi connectivity index (χ2v) is 5.92. The van der Waals surface area contributed by atoms with Gasteiger partial charge in [-0.3, -0.25) is 4.79 Å². The van der Waals surface area contributed by atoms with E-state index in [0.29, 0.717) is 19.2 Å². The molecule has 0 unspecified atom stereocenters. The molecular weight excluding hydrogens is 260 g/mol. The van der Waals surface area contributed by atoms with E-state index in [-0.39, 0.29) is 5.91 Å². The molecule has 0 saturated carbocycles. The molecule has 5 heteroatoms. The van der Waals surface area contributed by atoms with Gasteiger partial charge in [-0.2, -0.15) is 0 Å². The minimum atomic E-state index is 0.00778. The lowest BCUT2D eigenvalue weighted by atomic mass is 10.3. The van der Waals surface area contributed by atoms with Gasteiger partial charge in [0, 0.05) is 44.1 Å². The van der Waals surface area contributed by atoms with Gasteiger partial charge in [0.2, 0.25) is 0 Å². The minimum absolute atomic E-state index is 0.00778. The van der Waals surface area contributed by atoms with E-state index in [1.807, 2.05) is 6.07 Å². The van der Waals surface area contributed by atoms with Crippen molar-refractivity contribution in [3.05, 3.63) is 23.3 Å². The lowest BCUT2D eigenvalue weighted by molar-refractivity contribution is 0.0952. The lowest BCUT2D eigenvalue weighted by Crippen LogP contribution is -2.24. The number of nitrogens with zero attached hydrogens (tertiary/aromatic N) is 1. The van der Waals surface area contributed by atoms with Crippen LogP contribution in [-0.2, 0) is 4.74 Å². The Morgan fingerprint density at radius 1 is 1.47 bits per heavy atom. The summed E-state index contributed by atoms with van der Waals surface area (Å²) in [6, 6.07) is 2.41. The summed E-state index contributed by atoms with van der Waals surface area (Å²) in [6.45, 7) is 5.62. The quantitative estimate of drug-likeness (QED) is 0.826. The molecule has 0 aromatic carbocycles. The van der Waals surface area contributed by atoms with Crippen LogP contribution in [0.4, 0.5) is 0 Å². The van der Waals surface area contributed by atoms with Gasteiger partial charge in [-0.15, -0.1) is 11.3 Å². The summed E-state index contributed by atoms with van der Waals surface area (Å²) >= 11 is 1.54. The van der Waals surface area contributed by atoms with Crippen LogP contribution >= 0.6 is 11.3 Å². The number of fused-ring (bicyclic) bond motifs is 1. The highest BCUT2D eigenvalue weighted by atomic mass is 32.1. The molecule has 0 aliphatic heterocycles. The van der Waals surface area contributed by atoms with Crippen molar-refractivity contribution >= 4 is 27.3 Å². The van der Waals surface area contributed by atoms with Crippen molar-refractivity contribution in [2.75, 3.05) is 20.3 Å². The molecule has 0 radical (unpaired) electrons. The number of methoxy groups -OCH3 is 1. The Morgan fingerprint density at radius 3 is 2.89 bits per heavy atom. The summed E-state index contributed by atoms with van der Waals surface area (Å²) in [6.07, 6.45) is 5.04. The first-order valence-electron chi connectivity index (χ1n) is 6.50. The molecule has 2 aromatic rings. The monoisotopic (exact) mass is 280 g/mol. The molecule has 0 spiro atoms. The van der Waals surface area contributed by atoms with Gasteiger partial charge >= 0.3 is 0 Å². The number of aromatic nitrogens is 1. The van der Waals surface area contributed by atoms with Gasteiger partial charge in [-0.05, 0) is 26.3 Å². The first-order chi connectivity index (χ1) is 9.11. The molecule has 2 aromatic heterocycles. The molecule has 104 valence electrons. The largest absolute Gasteiger partial charge is 0.385 e. The molecule has 19 heavy (non-hydrogen) atoms. The molecule has 2 heterocycles. The van der Waals surface area contributed by atoms with E-state index in [2.05, 4.69) is 36.1 Å². The highest BCUT2D eigenvalue weighted by Gasteiger charge is 2.11. The maximum absolute atomic E-state index is 11.9. The van der Waals surface area contributed by atoms with Gasteiger partial charge in [0.15, 0.2) is 0 Å². The number of ether oxygens (including phenoxy) is 1. The van der Waals surface area contributed by atoms with Gasteiger partial charge in [0.05, 0.1) is 9.58 Å². The van der Waals surface area contributed by atoms with Crippen LogP contribution in [-0.4, -0.2) is 30.7 Å². The number of carbonyl (C=O) groups is 1. The van der Waals surface area contributed by atoms with Gasteiger partial charge < -0.3 is 14.6 Å². The van der Waals surface area contributed by atoms with Crippen LogP contribution in [0.3, 0.4) is 0 Å². The Kier molecular flexibility index (Phi) is 4.61. The van der Waals surface area contributed by atoms with Gasteiger partial charge in [0.25, 0.3) is 5.91 Å². The van der Waals surface area contributed by atoms with Crippen molar-refractivity contribution < 1.29 is 9.53 Å². The second kappa shape index (κ2) is 6.21. The van der Waals surface area contributed by atoms with E-state index in [9.17, 15) is 4.79 Å². The van der Waals surface area contributed by atoms with E-state index in [0.717, 1.165) is 21.4 Å². The van der Waals surface area contributed by atoms with Crippen LogP contribution in [0.25, 0.3) is 10.1 Å².